The highest BCUT2D eigenvalue weighted by molar-refractivity contribution is 7.89. The lowest BCUT2D eigenvalue weighted by atomic mass is 10.1. The van der Waals surface area contributed by atoms with Gasteiger partial charge in [-0.2, -0.15) is 0 Å². The molecule has 2 N–H and O–H groups in total. The van der Waals surface area contributed by atoms with Gasteiger partial charge in [0, 0.05) is 23.2 Å². The number of nitrogens with one attached hydrogen (secondary N) is 2. The summed E-state index contributed by atoms with van der Waals surface area (Å²) >= 11 is 0. The highest BCUT2D eigenvalue weighted by Gasteiger charge is 2.21. The second-order valence-corrected chi connectivity index (χ2v) is 9.37. The van der Waals surface area contributed by atoms with Crippen LogP contribution >= 0.6 is 0 Å². The fourth-order valence-electron chi connectivity index (χ4n) is 2.59. The van der Waals surface area contributed by atoms with E-state index in [2.05, 4.69) is 10.0 Å². The van der Waals surface area contributed by atoms with E-state index in [-0.39, 0.29) is 23.0 Å². The SMILES string of the molecule is CC(=O)c1cccc(NC(=O)CCc2ccc(S(=O)(=O)NC(C)(C)C)cc2)c1. The summed E-state index contributed by atoms with van der Waals surface area (Å²) in [7, 11) is -3.57. The van der Waals surface area contributed by atoms with Gasteiger partial charge in [-0.3, -0.25) is 9.59 Å². The van der Waals surface area contributed by atoms with Crippen LogP contribution in [0.25, 0.3) is 0 Å². The van der Waals surface area contributed by atoms with Crippen LogP contribution in [0.1, 0.15) is 50.0 Å². The molecule has 0 saturated carbocycles. The predicted octanol–water partition coefficient (Wildman–Crippen LogP) is 3.54. The third kappa shape index (κ3) is 6.58. The minimum absolute atomic E-state index is 0.0629. The first-order chi connectivity index (χ1) is 13.0. The Morgan fingerprint density at radius 2 is 1.64 bits per heavy atom. The van der Waals surface area contributed by atoms with Gasteiger partial charge in [0.05, 0.1) is 4.90 Å². The van der Waals surface area contributed by atoms with Crippen LogP contribution in [0.4, 0.5) is 5.69 Å². The molecule has 0 radical (unpaired) electrons. The molecule has 6 nitrogen and oxygen atoms in total. The fraction of sp³-hybridized carbons (Fsp3) is 0.333. The molecule has 0 aromatic heterocycles. The molecular formula is C21H26N2O4S. The number of carbonyl (C=O) groups excluding carboxylic acids is 2. The lowest BCUT2D eigenvalue weighted by Crippen LogP contribution is -2.40. The Bertz CT molecular complexity index is 959. The van der Waals surface area contributed by atoms with E-state index in [1.165, 1.54) is 19.1 Å². The summed E-state index contributed by atoms with van der Waals surface area (Å²) in [5, 5.41) is 2.77. The van der Waals surface area contributed by atoms with Gasteiger partial charge < -0.3 is 5.32 Å². The molecule has 2 aromatic carbocycles. The van der Waals surface area contributed by atoms with Crippen molar-refractivity contribution in [2.24, 2.45) is 0 Å². The van der Waals surface area contributed by atoms with Crippen molar-refractivity contribution in [3.8, 4) is 0 Å². The van der Waals surface area contributed by atoms with Crippen molar-refractivity contribution in [2.75, 3.05) is 5.32 Å². The molecule has 150 valence electrons. The molecule has 0 unspecified atom stereocenters. The van der Waals surface area contributed by atoms with Crippen LogP contribution < -0.4 is 10.0 Å². The van der Waals surface area contributed by atoms with E-state index in [1.54, 1.807) is 57.2 Å². The van der Waals surface area contributed by atoms with E-state index >= 15 is 0 Å². The molecule has 0 heterocycles. The second-order valence-electron chi connectivity index (χ2n) is 7.68. The van der Waals surface area contributed by atoms with E-state index in [9.17, 15) is 18.0 Å². The Labute approximate surface area is 166 Å². The molecule has 0 fully saturated rings. The molecule has 28 heavy (non-hydrogen) atoms. The third-order valence-electron chi connectivity index (χ3n) is 3.87. The molecule has 2 aromatic rings. The number of sulfonamides is 1. The van der Waals surface area contributed by atoms with Gasteiger partial charge in [-0.1, -0.05) is 24.3 Å². The Kier molecular flexibility index (Phi) is 6.74. The number of aryl methyl sites for hydroxylation is 1. The van der Waals surface area contributed by atoms with Crippen molar-refractivity contribution in [1.82, 2.24) is 4.72 Å². The molecule has 2 rings (SSSR count). The first-order valence-electron chi connectivity index (χ1n) is 9.00. The molecule has 0 bridgehead atoms. The molecule has 0 atom stereocenters. The van der Waals surface area contributed by atoms with Crippen LogP contribution in [0.2, 0.25) is 0 Å². The zero-order valence-electron chi connectivity index (χ0n) is 16.6. The summed E-state index contributed by atoms with van der Waals surface area (Å²) in [4.78, 5) is 23.7. The van der Waals surface area contributed by atoms with Crippen LogP contribution in [0.5, 0.6) is 0 Å². The van der Waals surface area contributed by atoms with Gasteiger partial charge >= 0.3 is 0 Å². The summed E-state index contributed by atoms with van der Waals surface area (Å²) in [6, 6.07) is 13.3. The van der Waals surface area contributed by atoms with E-state index in [0.29, 0.717) is 17.7 Å². The van der Waals surface area contributed by atoms with Crippen molar-refractivity contribution in [2.45, 2.75) is 51.0 Å². The van der Waals surface area contributed by atoms with Gasteiger partial charge in [-0.25, -0.2) is 13.1 Å². The van der Waals surface area contributed by atoms with Crippen LogP contribution in [0.15, 0.2) is 53.4 Å². The Morgan fingerprint density at radius 3 is 2.21 bits per heavy atom. The smallest absolute Gasteiger partial charge is 0.241 e. The van der Waals surface area contributed by atoms with Crippen molar-refractivity contribution in [1.29, 1.82) is 0 Å². The molecule has 0 aliphatic carbocycles. The number of hydrogen-bond acceptors (Lipinski definition) is 4. The Hall–Kier alpha value is -2.51. The van der Waals surface area contributed by atoms with Crippen LogP contribution in [-0.4, -0.2) is 25.6 Å². The summed E-state index contributed by atoms with van der Waals surface area (Å²) in [6.07, 6.45) is 0.724. The van der Waals surface area contributed by atoms with E-state index in [0.717, 1.165) is 5.56 Å². The molecule has 0 aliphatic rings. The van der Waals surface area contributed by atoms with Crippen LogP contribution in [-0.2, 0) is 21.2 Å². The summed E-state index contributed by atoms with van der Waals surface area (Å²) in [5.41, 5.74) is 1.42. The Morgan fingerprint density at radius 1 is 1.00 bits per heavy atom. The molecule has 0 aliphatic heterocycles. The number of benzene rings is 2. The third-order valence-corrected chi connectivity index (χ3v) is 5.64. The minimum Gasteiger partial charge on any atom is -0.326 e. The van der Waals surface area contributed by atoms with Crippen molar-refractivity contribution in [3.05, 3.63) is 59.7 Å². The average molecular weight is 403 g/mol. The van der Waals surface area contributed by atoms with Crippen molar-refractivity contribution >= 4 is 27.4 Å². The molecular weight excluding hydrogens is 376 g/mol. The van der Waals surface area contributed by atoms with Crippen LogP contribution in [0, 0.1) is 0 Å². The summed E-state index contributed by atoms with van der Waals surface area (Å²) in [5.74, 6) is -0.237. The molecule has 7 heteroatoms. The number of Topliss-reactive ketones (excluding diaryl/α,β-unsaturated/α-hetero) is 1. The van der Waals surface area contributed by atoms with Crippen molar-refractivity contribution < 1.29 is 18.0 Å². The van der Waals surface area contributed by atoms with Gasteiger partial charge in [0.25, 0.3) is 0 Å². The summed E-state index contributed by atoms with van der Waals surface area (Å²) < 4.78 is 27.2. The highest BCUT2D eigenvalue weighted by Crippen LogP contribution is 2.16. The highest BCUT2D eigenvalue weighted by atomic mass is 32.2. The second kappa shape index (κ2) is 8.67. The van der Waals surface area contributed by atoms with Gasteiger partial charge in [-0.05, 0) is 63.9 Å². The zero-order valence-corrected chi connectivity index (χ0v) is 17.4. The number of rotatable bonds is 7. The minimum atomic E-state index is -3.57. The first kappa shape index (κ1) is 21.8. The predicted molar refractivity (Wildman–Crippen MR) is 110 cm³/mol. The van der Waals surface area contributed by atoms with Gasteiger partial charge in [-0.15, -0.1) is 0 Å². The average Bonchev–Trinajstić information content (AvgIpc) is 2.58. The quantitative estimate of drug-likeness (QED) is 0.693. The monoisotopic (exact) mass is 402 g/mol. The normalized spacial score (nSPS) is 11.9. The standard InChI is InChI=1S/C21H26N2O4S/c1-15(24)17-6-5-7-18(14-17)22-20(25)13-10-16-8-11-19(12-9-16)28(26,27)23-21(2,3)4/h5-9,11-12,14,23H,10,13H2,1-4H3,(H,22,25). The zero-order chi connectivity index (χ0) is 20.9. The molecule has 0 spiro atoms. The number of carbonyl (C=O) groups is 2. The topological polar surface area (TPSA) is 92.3 Å². The maximum Gasteiger partial charge on any atom is 0.241 e. The number of anilines is 1. The lowest BCUT2D eigenvalue weighted by molar-refractivity contribution is -0.116. The maximum atomic E-state index is 12.3. The van der Waals surface area contributed by atoms with E-state index < -0.39 is 15.6 Å². The summed E-state index contributed by atoms with van der Waals surface area (Å²) in [6.45, 7) is 6.82. The largest absolute Gasteiger partial charge is 0.326 e. The van der Waals surface area contributed by atoms with Crippen LogP contribution in [0.3, 0.4) is 0 Å². The lowest BCUT2D eigenvalue weighted by Gasteiger charge is -2.20. The van der Waals surface area contributed by atoms with Crippen molar-refractivity contribution in [3.63, 3.8) is 0 Å². The van der Waals surface area contributed by atoms with E-state index in [4.69, 9.17) is 0 Å². The van der Waals surface area contributed by atoms with Gasteiger partial charge in [0.1, 0.15) is 0 Å². The number of amides is 1. The van der Waals surface area contributed by atoms with E-state index in [1.807, 2.05) is 0 Å². The first-order valence-corrected chi connectivity index (χ1v) is 10.5. The molecule has 0 saturated heterocycles. The molecule has 1 amide bonds. The number of hydrogen-bond donors (Lipinski definition) is 2. The van der Waals surface area contributed by atoms with Gasteiger partial charge in [0.2, 0.25) is 15.9 Å². The fourth-order valence-corrected chi connectivity index (χ4v) is 4.01. The van der Waals surface area contributed by atoms with Gasteiger partial charge in [0.15, 0.2) is 5.78 Å². The maximum absolute atomic E-state index is 12.3. The number of ketones is 1. The Balaban J connectivity index is 1.95.